The Morgan fingerprint density at radius 1 is 1.26 bits per heavy atom. The number of nitrogens with one attached hydrogen (secondary N) is 1. The number of hydrogen-bond donors (Lipinski definition) is 1. The number of piperidine rings is 1. The normalized spacial score (nSPS) is 30.6. The summed E-state index contributed by atoms with van der Waals surface area (Å²) >= 11 is 0. The lowest BCUT2D eigenvalue weighted by Gasteiger charge is -2.42. The van der Waals surface area contributed by atoms with Crippen molar-refractivity contribution in [1.29, 1.82) is 0 Å². The minimum atomic E-state index is 0.0146. The molecule has 19 heavy (non-hydrogen) atoms. The molecule has 0 aromatic rings. The fourth-order valence-corrected chi connectivity index (χ4v) is 3.48. The molecule has 2 saturated heterocycles. The first-order valence-electron chi connectivity index (χ1n) is 7.69. The second kappa shape index (κ2) is 6.23. The van der Waals surface area contributed by atoms with Crippen LogP contribution >= 0.6 is 0 Å². The molecule has 4 nitrogen and oxygen atoms in total. The highest BCUT2D eigenvalue weighted by molar-refractivity contribution is 5.80. The molecule has 0 aliphatic carbocycles. The molecule has 0 aromatic heterocycles. The summed E-state index contributed by atoms with van der Waals surface area (Å²) in [5.74, 6) is 0.304. The van der Waals surface area contributed by atoms with Crippen LogP contribution in [0, 0.1) is 11.3 Å². The van der Waals surface area contributed by atoms with Crippen molar-refractivity contribution in [3.8, 4) is 0 Å². The van der Waals surface area contributed by atoms with Gasteiger partial charge in [0.15, 0.2) is 0 Å². The van der Waals surface area contributed by atoms with Crippen molar-refractivity contribution >= 4 is 5.91 Å². The van der Waals surface area contributed by atoms with Gasteiger partial charge in [-0.2, -0.15) is 0 Å². The number of likely N-dealkylation sites (N-methyl/N-ethyl adjacent to an activating group) is 1. The van der Waals surface area contributed by atoms with Gasteiger partial charge in [0.25, 0.3) is 0 Å². The van der Waals surface area contributed by atoms with Crippen molar-refractivity contribution in [2.75, 3.05) is 33.4 Å². The molecule has 4 heteroatoms. The highest BCUT2D eigenvalue weighted by Gasteiger charge is 2.39. The smallest absolute Gasteiger partial charge is 0.229 e. The number of ether oxygens (including phenoxy) is 1. The van der Waals surface area contributed by atoms with Crippen LogP contribution in [0.2, 0.25) is 0 Å². The molecule has 0 spiro atoms. The number of rotatable bonds is 4. The lowest BCUT2D eigenvalue weighted by atomic mass is 9.74. The summed E-state index contributed by atoms with van der Waals surface area (Å²) in [6, 6.07) is 0.191. The zero-order valence-corrected chi connectivity index (χ0v) is 12.6. The maximum Gasteiger partial charge on any atom is 0.229 e. The van der Waals surface area contributed by atoms with Gasteiger partial charge in [-0.3, -0.25) is 4.79 Å². The van der Waals surface area contributed by atoms with Gasteiger partial charge in [0.2, 0.25) is 5.91 Å². The molecule has 2 heterocycles. The van der Waals surface area contributed by atoms with E-state index in [0.29, 0.717) is 18.6 Å². The van der Waals surface area contributed by atoms with E-state index in [9.17, 15) is 4.79 Å². The van der Waals surface area contributed by atoms with Crippen molar-refractivity contribution in [3.05, 3.63) is 0 Å². The Labute approximate surface area is 116 Å². The topological polar surface area (TPSA) is 41.6 Å². The molecule has 2 aliphatic heterocycles. The molecule has 2 unspecified atom stereocenters. The number of hydrogen-bond acceptors (Lipinski definition) is 3. The van der Waals surface area contributed by atoms with Crippen LogP contribution in [0.25, 0.3) is 0 Å². The van der Waals surface area contributed by atoms with Crippen LogP contribution in [0.15, 0.2) is 0 Å². The van der Waals surface area contributed by atoms with E-state index in [1.54, 1.807) is 0 Å². The summed E-state index contributed by atoms with van der Waals surface area (Å²) in [5.41, 5.74) is 0.478. The van der Waals surface area contributed by atoms with Crippen LogP contribution < -0.4 is 5.32 Å². The molecule has 2 aliphatic rings. The first kappa shape index (κ1) is 14.8. The van der Waals surface area contributed by atoms with Crippen molar-refractivity contribution in [1.82, 2.24) is 10.2 Å². The van der Waals surface area contributed by atoms with Crippen molar-refractivity contribution in [2.24, 2.45) is 11.3 Å². The molecular weight excluding hydrogens is 240 g/mol. The molecule has 110 valence electrons. The summed E-state index contributed by atoms with van der Waals surface area (Å²) in [6.07, 6.45) is 4.78. The number of carbonyl (C=O) groups is 1. The van der Waals surface area contributed by atoms with Gasteiger partial charge in [-0.25, -0.2) is 0 Å². The van der Waals surface area contributed by atoms with E-state index in [1.807, 2.05) is 7.05 Å². The second-order valence-electron chi connectivity index (χ2n) is 6.07. The lowest BCUT2D eigenvalue weighted by Crippen LogP contribution is -2.49. The largest absolute Gasteiger partial charge is 0.379 e. The zero-order valence-electron chi connectivity index (χ0n) is 12.6. The Kier molecular flexibility index (Phi) is 4.85. The predicted molar refractivity (Wildman–Crippen MR) is 76.0 cm³/mol. The Morgan fingerprint density at radius 3 is 2.42 bits per heavy atom. The fourth-order valence-electron chi connectivity index (χ4n) is 3.48. The van der Waals surface area contributed by atoms with E-state index in [4.69, 9.17) is 4.74 Å². The van der Waals surface area contributed by atoms with Crippen molar-refractivity contribution in [2.45, 2.75) is 45.6 Å². The van der Waals surface area contributed by atoms with E-state index < -0.39 is 0 Å². The molecule has 1 amide bonds. The molecule has 0 radical (unpaired) electrons. The van der Waals surface area contributed by atoms with Crippen LogP contribution in [0.4, 0.5) is 0 Å². The maximum atomic E-state index is 12.6. The van der Waals surface area contributed by atoms with Gasteiger partial charge < -0.3 is 15.0 Å². The highest BCUT2D eigenvalue weighted by Crippen LogP contribution is 2.38. The Bertz CT molecular complexity index is 305. The van der Waals surface area contributed by atoms with Crippen LogP contribution in [-0.2, 0) is 9.53 Å². The molecule has 2 atom stereocenters. The quantitative estimate of drug-likeness (QED) is 0.843. The average Bonchev–Trinajstić information content (AvgIpc) is 2.95. The molecule has 0 saturated carbocycles. The van der Waals surface area contributed by atoms with Crippen LogP contribution in [0.1, 0.15) is 39.5 Å². The minimum Gasteiger partial charge on any atom is -0.379 e. The monoisotopic (exact) mass is 268 g/mol. The van der Waals surface area contributed by atoms with Crippen molar-refractivity contribution in [3.63, 3.8) is 0 Å². The van der Waals surface area contributed by atoms with E-state index in [2.05, 4.69) is 24.1 Å². The first-order chi connectivity index (χ1) is 9.15. The molecule has 0 aromatic carbocycles. The highest BCUT2D eigenvalue weighted by atomic mass is 16.5. The molecular formula is C15H28N2O2. The summed E-state index contributed by atoms with van der Waals surface area (Å²) in [4.78, 5) is 14.6. The Hall–Kier alpha value is -0.610. The predicted octanol–water partition coefficient (Wildman–Crippen LogP) is 1.65. The second-order valence-corrected chi connectivity index (χ2v) is 6.07. The van der Waals surface area contributed by atoms with Gasteiger partial charge in [0.1, 0.15) is 0 Å². The minimum absolute atomic E-state index is 0.0146. The summed E-state index contributed by atoms with van der Waals surface area (Å²) in [5, 5.41) is 3.20. The zero-order chi connectivity index (χ0) is 13.9. The average molecular weight is 268 g/mol. The van der Waals surface area contributed by atoms with Crippen LogP contribution in [0.5, 0.6) is 0 Å². The lowest BCUT2D eigenvalue weighted by molar-refractivity contribution is -0.138. The summed E-state index contributed by atoms with van der Waals surface area (Å²) in [6.45, 7) is 7.65. The third kappa shape index (κ3) is 2.95. The third-order valence-corrected chi connectivity index (χ3v) is 5.40. The molecule has 2 fully saturated rings. The number of carbonyl (C=O) groups excluding carboxylic acids is 1. The van der Waals surface area contributed by atoms with Crippen molar-refractivity contribution < 1.29 is 9.53 Å². The van der Waals surface area contributed by atoms with Gasteiger partial charge >= 0.3 is 0 Å². The van der Waals surface area contributed by atoms with Gasteiger partial charge in [-0.1, -0.05) is 26.7 Å². The van der Waals surface area contributed by atoms with E-state index >= 15 is 0 Å². The number of nitrogens with zero attached hydrogens (tertiary/aromatic N) is 1. The molecule has 2 rings (SSSR count). The Balaban J connectivity index is 1.92. The van der Waals surface area contributed by atoms with E-state index in [1.165, 1.54) is 12.8 Å². The molecule has 0 bridgehead atoms. The van der Waals surface area contributed by atoms with Gasteiger partial charge in [0, 0.05) is 19.1 Å². The third-order valence-electron chi connectivity index (χ3n) is 5.40. The van der Waals surface area contributed by atoms with Crippen LogP contribution in [0.3, 0.4) is 0 Å². The standard InChI is InChI=1S/C15H28N2O2/c1-4-15(5-2)6-8-17(9-7-15)14(18)12-10-19-11-13(12)16-3/h12-13,16H,4-11H2,1-3H3. The summed E-state index contributed by atoms with van der Waals surface area (Å²) in [7, 11) is 1.91. The fraction of sp³-hybridized carbons (Fsp3) is 0.933. The van der Waals surface area contributed by atoms with Gasteiger partial charge in [-0.15, -0.1) is 0 Å². The van der Waals surface area contributed by atoms with Gasteiger partial charge in [0.05, 0.1) is 19.1 Å². The van der Waals surface area contributed by atoms with E-state index in [-0.39, 0.29) is 17.9 Å². The number of amides is 1. The SMILES string of the molecule is CCC1(CC)CCN(C(=O)C2COCC2NC)CC1. The first-order valence-corrected chi connectivity index (χ1v) is 7.69. The maximum absolute atomic E-state index is 12.6. The van der Waals surface area contributed by atoms with Crippen LogP contribution in [-0.4, -0.2) is 50.2 Å². The summed E-state index contributed by atoms with van der Waals surface area (Å²) < 4.78 is 5.45. The van der Waals surface area contributed by atoms with E-state index in [0.717, 1.165) is 25.9 Å². The number of likely N-dealkylation sites (tertiary alicyclic amines) is 1. The van der Waals surface area contributed by atoms with Gasteiger partial charge in [-0.05, 0) is 25.3 Å². The Morgan fingerprint density at radius 2 is 1.89 bits per heavy atom. The molecule has 1 N–H and O–H groups in total.